The lowest BCUT2D eigenvalue weighted by molar-refractivity contribution is -0.137. The highest BCUT2D eigenvalue weighted by molar-refractivity contribution is 5.93. The highest BCUT2D eigenvalue weighted by atomic mass is 19.4. The second kappa shape index (κ2) is 8.23. The van der Waals surface area contributed by atoms with Gasteiger partial charge >= 0.3 is 6.18 Å². The molecule has 0 saturated carbocycles. The first-order valence-corrected chi connectivity index (χ1v) is 10.2. The van der Waals surface area contributed by atoms with Gasteiger partial charge < -0.3 is 18.3 Å². The number of carbonyl (C=O) groups excluding carboxylic acids is 1. The van der Waals surface area contributed by atoms with Gasteiger partial charge in [0.1, 0.15) is 0 Å². The zero-order valence-electron chi connectivity index (χ0n) is 17.1. The van der Waals surface area contributed by atoms with E-state index in [1.54, 1.807) is 17.0 Å². The van der Waals surface area contributed by atoms with Crippen LogP contribution in [-0.4, -0.2) is 39.3 Å². The molecule has 5 rings (SSSR count). The molecule has 170 valence electrons. The fraction of sp³-hybridized carbons (Fsp3) is 0.273. The van der Waals surface area contributed by atoms with E-state index in [4.69, 9.17) is 13.4 Å². The average molecular weight is 458 g/mol. The van der Waals surface area contributed by atoms with Crippen molar-refractivity contribution in [2.45, 2.75) is 24.9 Å². The first-order valence-electron chi connectivity index (χ1n) is 10.2. The quantitative estimate of drug-likeness (QED) is 0.423. The fourth-order valence-electron chi connectivity index (χ4n) is 3.75. The van der Waals surface area contributed by atoms with E-state index >= 15 is 0 Å². The molecule has 0 aliphatic carbocycles. The van der Waals surface area contributed by atoms with Crippen molar-refractivity contribution in [3.63, 3.8) is 0 Å². The van der Waals surface area contributed by atoms with Crippen LogP contribution in [0.4, 0.5) is 13.2 Å². The molecule has 1 aliphatic rings. The van der Waals surface area contributed by atoms with Crippen LogP contribution in [0.3, 0.4) is 0 Å². The minimum Gasteiger partial charge on any atom is -0.461 e. The number of nitrogens with zero attached hydrogens (tertiary/aromatic N) is 4. The molecule has 8 nitrogen and oxygen atoms in total. The molecule has 1 unspecified atom stereocenters. The maximum absolute atomic E-state index is 12.9. The van der Waals surface area contributed by atoms with Crippen LogP contribution in [0.25, 0.3) is 23.0 Å². The van der Waals surface area contributed by atoms with Crippen molar-refractivity contribution in [1.29, 1.82) is 0 Å². The SMILES string of the molecule is O=C(c1cc(-c2ccco2)on1)N1CCCC(c2nnc(-c3ccc(C(F)(F)F)cc3)o2)C1. The Bertz CT molecular complexity index is 1250. The number of hydrogen-bond donors (Lipinski definition) is 0. The van der Waals surface area contributed by atoms with Crippen LogP contribution in [0.2, 0.25) is 0 Å². The van der Waals surface area contributed by atoms with Gasteiger partial charge in [-0.2, -0.15) is 13.2 Å². The van der Waals surface area contributed by atoms with E-state index in [0.717, 1.165) is 25.0 Å². The number of piperidine rings is 1. The van der Waals surface area contributed by atoms with Crippen LogP contribution >= 0.6 is 0 Å². The molecule has 1 fully saturated rings. The monoisotopic (exact) mass is 458 g/mol. The molecule has 0 bridgehead atoms. The van der Waals surface area contributed by atoms with Crippen LogP contribution in [0, 0.1) is 0 Å². The lowest BCUT2D eigenvalue weighted by Gasteiger charge is -2.30. The molecule has 33 heavy (non-hydrogen) atoms. The molecule has 0 N–H and O–H groups in total. The van der Waals surface area contributed by atoms with Gasteiger partial charge in [0.25, 0.3) is 5.91 Å². The van der Waals surface area contributed by atoms with Crippen molar-refractivity contribution >= 4 is 5.91 Å². The molecule has 3 aromatic heterocycles. The Labute approximate surface area is 185 Å². The number of hydrogen-bond acceptors (Lipinski definition) is 7. The van der Waals surface area contributed by atoms with Gasteiger partial charge in [0, 0.05) is 24.7 Å². The highest BCUT2D eigenvalue weighted by Gasteiger charge is 2.32. The topological polar surface area (TPSA) is 98.4 Å². The molecule has 1 aliphatic heterocycles. The maximum atomic E-state index is 12.9. The number of carbonyl (C=O) groups is 1. The van der Waals surface area contributed by atoms with E-state index in [0.29, 0.717) is 36.1 Å². The predicted molar refractivity (Wildman–Crippen MR) is 107 cm³/mol. The van der Waals surface area contributed by atoms with Crippen LogP contribution < -0.4 is 0 Å². The van der Waals surface area contributed by atoms with E-state index in [-0.39, 0.29) is 23.4 Å². The van der Waals surface area contributed by atoms with Crippen molar-refractivity contribution in [2.75, 3.05) is 13.1 Å². The minimum atomic E-state index is -4.42. The molecule has 0 radical (unpaired) electrons. The van der Waals surface area contributed by atoms with Crippen LogP contribution in [-0.2, 0) is 6.18 Å². The predicted octanol–water partition coefficient (Wildman–Crippen LogP) is 5.02. The van der Waals surface area contributed by atoms with Crippen LogP contribution in [0.1, 0.15) is 40.7 Å². The third-order valence-corrected chi connectivity index (χ3v) is 5.45. The molecular formula is C22H17F3N4O4. The molecule has 1 saturated heterocycles. The van der Waals surface area contributed by atoms with Gasteiger partial charge in [0.05, 0.1) is 17.7 Å². The highest BCUT2D eigenvalue weighted by Crippen LogP contribution is 2.32. The van der Waals surface area contributed by atoms with E-state index in [1.807, 2.05) is 0 Å². The lowest BCUT2D eigenvalue weighted by atomic mass is 9.98. The summed E-state index contributed by atoms with van der Waals surface area (Å²) in [6.45, 7) is 0.884. The van der Waals surface area contributed by atoms with E-state index in [1.165, 1.54) is 24.5 Å². The van der Waals surface area contributed by atoms with Gasteiger partial charge in [-0.3, -0.25) is 4.79 Å². The van der Waals surface area contributed by atoms with Gasteiger partial charge in [0.2, 0.25) is 17.5 Å². The summed E-state index contributed by atoms with van der Waals surface area (Å²) in [6, 6.07) is 9.45. The maximum Gasteiger partial charge on any atom is 0.416 e. The summed E-state index contributed by atoms with van der Waals surface area (Å²) in [5, 5.41) is 11.9. The number of aromatic nitrogens is 3. The number of amides is 1. The second-order valence-electron chi connectivity index (χ2n) is 7.66. The number of benzene rings is 1. The summed E-state index contributed by atoms with van der Waals surface area (Å²) >= 11 is 0. The minimum absolute atomic E-state index is 0.127. The van der Waals surface area contributed by atoms with E-state index in [2.05, 4.69) is 15.4 Å². The summed E-state index contributed by atoms with van der Waals surface area (Å²) in [4.78, 5) is 14.6. The van der Waals surface area contributed by atoms with Crippen LogP contribution in [0.5, 0.6) is 0 Å². The van der Waals surface area contributed by atoms with Gasteiger partial charge in [-0.1, -0.05) is 5.16 Å². The smallest absolute Gasteiger partial charge is 0.416 e. The Morgan fingerprint density at radius 3 is 2.64 bits per heavy atom. The summed E-state index contributed by atoms with van der Waals surface area (Å²) < 4.78 is 54.5. The summed E-state index contributed by atoms with van der Waals surface area (Å²) in [7, 11) is 0. The molecule has 11 heteroatoms. The molecule has 4 aromatic rings. The van der Waals surface area contributed by atoms with E-state index in [9.17, 15) is 18.0 Å². The van der Waals surface area contributed by atoms with Crippen molar-refractivity contribution in [1.82, 2.24) is 20.3 Å². The molecular weight excluding hydrogens is 441 g/mol. The molecule has 1 aromatic carbocycles. The zero-order chi connectivity index (χ0) is 23.0. The van der Waals surface area contributed by atoms with Gasteiger partial charge in [-0.25, -0.2) is 0 Å². The molecule has 0 spiro atoms. The Balaban J connectivity index is 1.28. The summed E-state index contributed by atoms with van der Waals surface area (Å²) in [5.41, 5.74) is -0.202. The summed E-state index contributed by atoms with van der Waals surface area (Å²) in [6.07, 6.45) is -1.47. The van der Waals surface area contributed by atoms with Gasteiger partial charge in [0.15, 0.2) is 11.5 Å². The standard InChI is InChI=1S/C22H17F3N4O4/c23-22(24,25)15-7-5-13(6-8-15)19-26-27-20(32-19)14-3-1-9-29(12-14)21(30)16-11-18(33-28-16)17-4-2-10-31-17/h2,4-8,10-11,14H,1,3,9,12H2. The Hall–Kier alpha value is -3.89. The third kappa shape index (κ3) is 4.26. The summed E-state index contributed by atoms with van der Waals surface area (Å²) in [5.74, 6) is 0.800. The Morgan fingerprint density at radius 1 is 1.09 bits per heavy atom. The van der Waals surface area contributed by atoms with Gasteiger partial charge in [-0.15, -0.1) is 10.2 Å². The van der Waals surface area contributed by atoms with Crippen molar-refractivity contribution in [3.8, 4) is 23.0 Å². The molecule has 4 heterocycles. The average Bonchev–Trinajstić information content (AvgIpc) is 3.59. The lowest BCUT2D eigenvalue weighted by Crippen LogP contribution is -2.39. The molecule has 1 atom stereocenters. The van der Waals surface area contributed by atoms with Crippen molar-refractivity contribution in [3.05, 3.63) is 65.9 Å². The first-order chi connectivity index (χ1) is 15.9. The van der Waals surface area contributed by atoms with E-state index < -0.39 is 11.7 Å². The normalized spacial score (nSPS) is 16.8. The third-order valence-electron chi connectivity index (χ3n) is 5.45. The first kappa shape index (κ1) is 21.0. The van der Waals surface area contributed by atoms with Gasteiger partial charge in [-0.05, 0) is 49.2 Å². The number of likely N-dealkylation sites (tertiary alicyclic amines) is 1. The number of halogens is 3. The zero-order valence-corrected chi connectivity index (χ0v) is 17.1. The Morgan fingerprint density at radius 2 is 1.91 bits per heavy atom. The van der Waals surface area contributed by atoms with Crippen molar-refractivity contribution in [2.24, 2.45) is 0 Å². The largest absolute Gasteiger partial charge is 0.461 e. The fourth-order valence-corrected chi connectivity index (χ4v) is 3.75. The van der Waals surface area contributed by atoms with Crippen molar-refractivity contribution < 1.29 is 31.3 Å². The number of rotatable bonds is 4. The second-order valence-corrected chi connectivity index (χ2v) is 7.66. The number of furan rings is 1. The van der Waals surface area contributed by atoms with Crippen LogP contribution in [0.15, 0.2) is 62.1 Å². The number of alkyl halides is 3. The Kier molecular flexibility index (Phi) is 5.23. The molecule has 1 amide bonds.